The van der Waals surface area contributed by atoms with E-state index in [1.807, 2.05) is 36.4 Å². The fourth-order valence-corrected chi connectivity index (χ4v) is 8.59. The standard InChI is InChI=1S/C33H28OP.ClH/c1-2-24-35(31-19-8-4-9-20-31,32-21-10-5-11-22-32)33-23-13-15-28(26-33)27-14-12-18-30(25-27)34-29-16-6-3-7-17-29;/h2-23,25-26H,1,24H2;1H/q+1;/p-1. The zero-order valence-corrected chi connectivity index (χ0v) is 21.7. The van der Waals surface area contributed by atoms with Crippen LogP contribution in [0.4, 0.5) is 0 Å². The molecule has 178 valence electrons. The molecule has 0 aliphatic carbocycles. The molecule has 0 spiro atoms. The minimum absolute atomic E-state index is 0. The Bertz CT molecular complexity index is 1360. The molecule has 5 aromatic rings. The normalized spacial score (nSPS) is 10.8. The highest BCUT2D eigenvalue weighted by Crippen LogP contribution is 2.55. The van der Waals surface area contributed by atoms with Crippen LogP contribution in [0.1, 0.15) is 0 Å². The van der Waals surface area contributed by atoms with Gasteiger partial charge in [-0.25, -0.2) is 0 Å². The van der Waals surface area contributed by atoms with Crippen molar-refractivity contribution in [2.24, 2.45) is 0 Å². The maximum absolute atomic E-state index is 6.11. The first-order valence-corrected chi connectivity index (χ1v) is 13.8. The van der Waals surface area contributed by atoms with E-state index in [4.69, 9.17) is 4.74 Å². The fourth-order valence-electron chi connectivity index (χ4n) is 4.61. The van der Waals surface area contributed by atoms with Crippen molar-refractivity contribution < 1.29 is 17.1 Å². The lowest BCUT2D eigenvalue weighted by Crippen LogP contribution is -3.00. The number of hydrogen-bond acceptors (Lipinski definition) is 1. The van der Waals surface area contributed by atoms with Crippen LogP contribution in [0.2, 0.25) is 0 Å². The summed E-state index contributed by atoms with van der Waals surface area (Å²) in [4.78, 5) is 0. The van der Waals surface area contributed by atoms with Gasteiger partial charge in [-0.05, 0) is 71.8 Å². The Balaban J connectivity index is 0.00000304. The Kier molecular flexibility index (Phi) is 8.39. The van der Waals surface area contributed by atoms with Crippen molar-refractivity contribution in [2.75, 3.05) is 6.16 Å². The predicted octanol–water partition coefficient (Wildman–Crippen LogP) is 4.63. The van der Waals surface area contributed by atoms with E-state index in [0.717, 1.165) is 23.2 Å². The van der Waals surface area contributed by atoms with Gasteiger partial charge in [0.25, 0.3) is 0 Å². The third kappa shape index (κ3) is 5.29. The SMILES string of the molecule is C=CC[P+](c1ccccc1)(c1ccccc1)c1cccc(-c2cccc(Oc3ccccc3)c2)c1.[Cl-]. The lowest BCUT2D eigenvalue weighted by Gasteiger charge is -2.27. The Morgan fingerprint density at radius 2 is 1.00 bits per heavy atom. The van der Waals surface area contributed by atoms with Crippen LogP contribution < -0.4 is 33.1 Å². The molecule has 0 amide bonds. The summed E-state index contributed by atoms with van der Waals surface area (Å²) < 4.78 is 6.11. The Hall–Kier alpha value is -3.64. The minimum Gasteiger partial charge on any atom is -1.00 e. The van der Waals surface area contributed by atoms with Gasteiger partial charge in [0.1, 0.15) is 34.7 Å². The third-order valence-corrected chi connectivity index (χ3v) is 10.6. The molecule has 0 fully saturated rings. The molecule has 0 bridgehead atoms. The van der Waals surface area contributed by atoms with Gasteiger partial charge in [-0.3, -0.25) is 0 Å². The summed E-state index contributed by atoms with van der Waals surface area (Å²) in [5, 5.41) is 4.08. The van der Waals surface area contributed by atoms with E-state index in [2.05, 4.69) is 116 Å². The Labute approximate surface area is 220 Å². The summed E-state index contributed by atoms with van der Waals surface area (Å²) in [5.41, 5.74) is 2.32. The quantitative estimate of drug-likeness (QED) is 0.220. The summed E-state index contributed by atoms with van der Waals surface area (Å²) >= 11 is 0. The average Bonchev–Trinajstić information content (AvgIpc) is 2.93. The second kappa shape index (κ2) is 11.9. The first-order chi connectivity index (χ1) is 17.3. The van der Waals surface area contributed by atoms with E-state index >= 15 is 0 Å². The summed E-state index contributed by atoms with van der Waals surface area (Å²) in [6, 6.07) is 49.1. The van der Waals surface area contributed by atoms with E-state index < -0.39 is 7.26 Å². The van der Waals surface area contributed by atoms with Gasteiger partial charge in [0.15, 0.2) is 0 Å². The molecule has 0 saturated carbocycles. The topological polar surface area (TPSA) is 9.23 Å². The van der Waals surface area contributed by atoms with Crippen molar-refractivity contribution in [3.05, 3.63) is 152 Å². The first kappa shape index (κ1) is 25.5. The summed E-state index contributed by atoms with van der Waals surface area (Å²) in [5.74, 6) is 1.67. The first-order valence-electron chi connectivity index (χ1n) is 11.8. The van der Waals surface area contributed by atoms with Crippen molar-refractivity contribution in [3.63, 3.8) is 0 Å². The zero-order chi connectivity index (χ0) is 23.9. The molecule has 0 atom stereocenters. The third-order valence-electron chi connectivity index (χ3n) is 6.23. The van der Waals surface area contributed by atoms with Crippen LogP contribution in [0, 0.1) is 0 Å². The molecule has 0 aliphatic rings. The van der Waals surface area contributed by atoms with E-state index in [1.165, 1.54) is 21.5 Å². The van der Waals surface area contributed by atoms with Crippen LogP contribution in [0.5, 0.6) is 11.5 Å². The molecule has 0 saturated heterocycles. The molecule has 1 nitrogen and oxygen atoms in total. The van der Waals surface area contributed by atoms with Crippen molar-refractivity contribution >= 4 is 23.2 Å². The molecule has 5 aromatic carbocycles. The smallest absolute Gasteiger partial charge is 0.128 e. The Morgan fingerprint density at radius 1 is 0.528 bits per heavy atom. The second-order valence-corrected chi connectivity index (χ2v) is 12.0. The molecule has 5 rings (SSSR count). The number of benzene rings is 5. The number of halogens is 1. The van der Waals surface area contributed by atoms with E-state index in [9.17, 15) is 0 Å². The van der Waals surface area contributed by atoms with E-state index in [0.29, 0.717) is 0 Å². The molecule has 3 heteroatoms. The van der Waals surface area contributed by atoms with Crippen molar-refractivity contribution in [3.8, 4) is 22.6 Å². The minimum atomic E-state index is -1.92. The van der Waals surface area contributed by atoms with Crippen LogP contribution in [-0.2, 0) is 0 Å². The van der Waals surface area contributed by atoms with Crippen molar-refractivity contribution in [2.45, 2.75) is 0 Å². The van der Waals surface area contributed by atoms with Gasteiger partial charge < -0.3 is 17.1 Å². The number of rotatable bonds is 8. The highest BCUT2D eigenvalue weighted by molar-refractivity contribution is 7.95. The van der Waals surface area contributed by atoms with Gasteiger partial charge in [0, 0.05) is 0 Å². The monoisotopic (exact) mass is 506 g/mol. The van der Waals surface area contributed by atoms with E-state index in [1.54, 1.807) is 0 Å². The number of ether oxygens (including phenoxy) is 1. The molecule has 0 heterocycles. The number of allylic oxidation sites excluding steroid dienone is 1. The molecule has 0 aliphatic heterocycles. The van der Waals surface area contributed by atoms with E-state index in [-0.39, 0.29) is 12.4 Å². The zero-order valence-electron chi connectivity index (χ0n) is 20.0. The van der Waals surface area contributed by atoms with Crippen LogP contribution >= 0.6 is 7.26 Å². The largest absolute Gasteiger partial charge is 1.00 e. The maximum atomic E-state index is 6.11. The van der Waals surface area contributed by atoms with Crippen molar-refractivity contribution in [1.29, 1.82) is 0 Å². The highest BCUT2D eigenvalue weighted by atomic mass is 35.5. The predicted molar refractivity (Wildman–Crippen MR) is 152 cm³/mol. The lowest BCUT2D eigenvalue weighted by atomic mass is 10.1. The van der Waals surface area contributed by atoms with Crippen LogP contribution in [0.15, 0.2) is 152 Å². The molecular weight excluding hydrogens is 479 g/mol. The molecule has 0 unspecified atom stereocenters. The molecule has 36 heavy (non-hydrogen) atoms. The Morgan fingerprint density at radius 3 is 1.58 bits per heavy atom. The molecule has 0 N–H and O–H groups in total. The van der Waals surface area contributed by atoms with Crippen LogP contribution in [0.25, 0.3) is 11.1 Å². The lowest BCUT2D eigenvalue weighted by molar-refractivity contribution is -0.00000724. The number of para-hydroxylation sites is 1. The summed E-state index contributed by atoms with van der Waals surface area (Å²) in [6.07, 6.45) is 2.98. The van der Waals surface area contributed by atoms with Gasteiger partial charge in [0.2, 0.25) is 0 Å². The average molecular weight is 507 g/mol. The van der Waals surface area contributed by atoms with Crippen molar-refractivity contribution in [1.82, 2.24) is 0 Å². The molecular formula is C33H28ClOP. The molecule has 0 aromatic heterocycles. The fraction of sp³-hybridized carbons (Fsp3) is 0.0303. The van der Waals surface area contributed by atoms with Gasteiger partial charge in [0.05, 0.1) is 6.16 Å². The summed E-state index contributed by atoms with van der Waals surface area (Å²) in [7, 11) is -1.92. The summed E-state index contributed by atoms with van der Waals surface area (Å²) in [6.45, 7) is 4.17. The van der Waals surface area contributed by atoms with Gasteiger partial charge in [-0.15, -0.1) is 0 Å². The highest BCUT2D eigenvalue weighted by Gasteiger charge is 2.44. The number of hydrogen-bond donors (Lipinski definition) is 0. The van der Waals surface area contributed by atoms with Crippen LogP contribution in [0.3, 0.4) is 0 Å². The maximum Gasteiger partial charge on any atom is 0.128 e. The second-order valence-electron chi connectivity index (χ2n) is 8.45. The van der Waals surface area contributed by atoms with Gasteiger partial charge in [-0.2, -0.15) is 0 Å². The van der Waals surface area contributed by atoms with Gasteiger partial charge >= 0.3 is 0 Å². The molecule has 0 radical (unpaired) electrons. The van der Waals surface area contributed by atoms with Gasteiger partial charge in [-0.1, -0.05) is 91.5 Å². The van der Waals surface area contributed by atoms with Crippen LogP contribution in [-0.4, -0.2) is 6.16 Å².